The standard InChI is InChI=1S/C21H21FN2O6/c1-3-29-18-12-14(8-10-17(18)28-2)9-11-20(26)30-13-19(25)24-21(27)23-16-7-5-4-6-15(16)22/h4-12H,3,13H2,1-2H3,(H2,23,24,25,27)/b11-9+. The molecule has 0 aromatic heterocycles. The van der Waals surface area contributed by atoms with Gasteiger partial charge in [-0.1, -0.05) is 18.2 Å². The lowest BCUT2D eigenvalue weighted by atomic mass is 10.2. The van der Waals surface area contributed by atoms with Crippen LogP contribution in [0.3, 0.4) is 0 Å². The molecule has 2 N–H and O–H groups in total. The van der Waals surface area contributed by atoms with Crippen LogP contribution in [-0.4, -0.2) is 38.2 Å². The summed E-state index contributed by atoms with van der Waals surface area (Å²) < 4.78 is 28.9. The summed E-state index contributed by atoms with van der Waals surface area (Å²) in [6, 6.07) is 9.62. The van der Waals surface area contributed by atoms with Crippen molar-refractivity contribution in [2.24, 2.45) is 0 Å². The average Bonchev–Trinajstić information content (AvgIpc) is 2.72. The average molecular weight is 416 g/mol. The Morgan fingerprint density at radius 1 is 1.10 bits per heavy atom. The third kappa shape index (κ3) is 6.93. The molecule has 3 amide bonds. The number of benzene rings is 2. The van der Waals surface area contributed by atoms with Crippen LogP contribution in [-0.2, 0) is 14.3 Å². The number of para-hydroxylation sites is 1. The van der Waals surface area contributed by atoms with Crippen LogP contribution in [0, 0.1) is 5.82 Å². The quantitative estimate of drug-likeness (QED) is 0.506. The van der Waals surface area contributed by atoms with Crippen LogP contribution in [0.15, 0.2) is 48.5 Å². The van der Waals surface area contributed by atoms with E-state index in [-0.39, 0.29) is 5.69 Å². The summed E-state index contributed by atoms with van der Waals surface area (Å²) in [5, 5.41) is 4.11. The minimum absolute atomic E-state index is 0.0892. The summed E-state index contributed by atoms with van der Waals surface area (Å²) in [5.74, 6) is -1.22. The zero-order valence-corrected chi connectivity index (χ0v) is 16.4. The number of rotatable bonds is 8. The topological polar surface area (TPSA) is 103 Å². The van der Waals surface area contributed by atoms with Gasteiger partial charge in [0.15, 0.2) is 18.1 Å². The summed E-state index contributed by atoms with van der Waals surface area (Å²) in [4.78, 5) is 35.2. The molecule has 0 spiro atoms. The predicted molar refractivity (Wildman–Crippen MR) is 108 cm³/mol. The molecule has 0 fully saturated rings. The highest BCUT2D eigenvalue weighted by molar-refractivity contribution is 6.02. The van der Waals surface area contributed by atoms with Gasteiger partial charge >= 0.3 is 12.0 Å². The number of halogens is 1. The first-order chi connectivity index (χ1) is 14.4. The number of hydrogen-bond donors (Lipinski definition) is 2. The second kappa shape index (κ2) is 11.2. The molecule has 9 heteroatoms. The van der Waals surface area contributed by atoms with Gasteiger partial charge in [-0.3, -0.25) is 10.1 Å². The summed E-state index contributed by atoms with van der Waals surface area (Å²) in [6.07, 6.45) is 2.61. The summed E-state index contributed by atoms with van der Waals surface area (Å²) in [6.45, 7) is 1.60. The SMILES string of the molecule is CCOc1cc(/C=C/C(=O)OCC(=O)NC(=O)Nc2ccccc2F)ccc1OC. The van der Waals surface area contributed by atoms with E-state index in [2.05, 4.69) is 5.32 Å². The van der Waals surface area contributed by atoms with Gasteiger partial charge in [0.25, 0.3) is 5.91 Å². The molecule has 0 heterocycles. The van der Waals surface area contributed by atoms with E-state index in [1.807, 2.05) is 12.2 Å². The molecule has 0 saturated carbocycles. The first kappa shape index (κ1) is 22.4. The Balaban J connectivity index is 1.82. The van der Waals surface area contributed by atoms with Gasteiger partial charge in [-0.25, -0.2) is 14.0 Å². The summed E-state index contributed by atoms with van der Waals surface area (Å²) in [5.41, 5.74) is 0.568. The number of ether oxygens (including phenoxy) is 3. The molecule has 0 aliphatic carbocycles. The maximum absolute atomic E-state index is 13.5. The Morgan fingerprint density at radius 3 is 2.57 bits per heavy atom. The maximum atomic E-state index is 13.5. The third-order valence-electron chi connectivity index (χ3n) is 3.62. The highest BCUT2D eigenvalue weighted by Crippen LogP contribution is 2.28. The highest BCUT2D eigenvalue weighted by Gasteiger charge is 2.11. The van der Waals surface area contributed by atoms with Crippen LogP contribution >= 0.6 is 0 Å². The number of imide groups is 1. The van der Waals surface area contributed by atoms with Gasteiger partial charge in [0, 0.05) is 6.08 Å². The number of methoxy groups -OCH3 is 1. The Bertz CT molecular complexity index is 945. The predicted octanol–water partition coefficient (Wildman–Crippen LogP) is 3.14. The van der Waals surface area contributed by atoms with E-state index in [9.17, 15) is 18.8 Å². The number of nitrogens with one attached hydrogen (secondary N) is 2. The number of anilines is 1. The first-order valence-electron chi connectivity index (χ1n) is 8.94. The number of carbonyl (C=O) groups excluding carboxylic acids is 3. The molecule has 0 bridgehead atoms. The number of carbonyl (C=O) groups is 3. The monoisotopic (exact) mass is 416 g/mol. The maximum Gasteiger partial charge on any atom is 0.331 e. The van der Waals surface area contributed by atoms with E-state index < -0.39 is 30.3 Å². The Morgan fingerprint density at radius 2 is 1.87 bits per heavy atom. The fourth-order valence-electron chi connectivity index (χ4n) is 2.29. The highest BCUT2D eigenvalue weighted by atomic mass is 19.1. The van der Waals surface area contributed by atoms with Gasteiger partial charge in [0.2, 0.25) is 0 Å². The van der Waals surface area contributed by atoms with E-state index in [1.165, 1.54) is 31.4 Å². The fraction of sp³-hybridized carbons (Fsp3) is 0.190. The Hall–Kier alpha value is -3.88. The van der Waals surface area contributed by atoms with Crippen molar-refractivity contribution in [1.29, 1.82) is 0 Å². The zero-order valence-electron chi connectivity index (χ0n) is 16.4. The number of amides is 3. The molecule has 0 aliphatic rings. The van der Waals surface area contributed by atoms with Crippen molar-refractivity contribution in [2.75, 3.05) is 25.6 Å². The molecule has 0 atom stereocenters. The first-order valence-corrected chi connectivity index (χ1v) is 8.94. The molecule has 0 saturated heterocycles. The molecule has 2 rings (SSSR count). The van der Waals surface area contributed by atoms with Crippen molar-refractivity contribution in [1.82, 2.24) is 5.32 Å². The van der Waals surface area contributed by atoms with Gasteiger partial charge in [-0.15, -0.1) is 0 Å². The molecule has 2 aromatic rings. The lowest BCUT2D eigenvalue weighted by molar-refractivity contribution is -0.143. The van der Waals surface area contributed by atoms with E-state index in [0.29, 0.717) is 23.7 Å². The van der Waals surface area contributed by atoms with E-state index in [4.69, 9.17) is 14.2 Å². The molecular formula is C21H21FN2O6. The lowest BCUT2D eigenvalue weighted by Crippen LogP contribution is -2.37. The molecule has 0 unspecified atom stereocenters. The van der Waals surface area contributed by atoms with Crippen molar-refractivity contribution in [3.05, 3.63) is 59.9 Å². The van der Waals surface area contributed by atoms with Crippen LogP contribution in [0.5, 0.6) is 11.5 Å². The zero-order chi connectivity index (χ0) is 21.9. The lowest BCUT2D eigenvalue weighted by Gasteiger charge is -2.09. The fourth-order valence-corrected chi connectivity index (χ4v) is 2.29. The van der Waals surface area contributed by atoms with Gasteiger partial charge in [0.1, 0.15) is 5.82 Å². The molecule has 2 aromatic carbocycles. The minimum Gasteiger partial charge on any atom is -0.493 e. The van der Waals surface area contributed by atoms with Gasteiger partial charge in [0.05, 0.1) is 19.4 Å². The van der Waals surface area contributed by atoms with Crippen molar-refractivity contribution < 1.29 is 33.0 Å². The molecule has 0 aliphatic heterocycles. The van der Waals surface area contributed by atoms with E-state index in [0.717, 1.165) is 12.1 Å². The summed E-state index contributed by atoms with van der Waals surface area (Å²) >= 11 is 0. The van der Waals surface area contributed by atoms with Gasteiger partial charge in [-0.2, -0.15) is 0 Å². The van der Waals surface area contributed by atoms with Crippen LogP contribution in [0.25, 0.3) is 6.08 Å². The van der Waals surface area contributed by atoms with Crippen LogP contribution < -0.4 is 20.1 Å². The van der Waals surface area contributed by atoms with Gasteiger partial charge in [-0.05, 0) is 42.8 Å². The largest absolute Gasteiger partial charge is 0.493 e. The van der Waals surface area contributed by atoms with Crippen molar-refractivity contribution in [3.63, 3.8) is 0 Å². The molecule has 158 valence electrons. The minimum atomic E-state index is -0.946. The van der Waals surface area contributed by atoms with E-state index in [1.54, 1.807) is 18.2 Å². The second-order valence-electron chi connectivity index (χ2n) is 5.77. The number of urea groups is 1. The van der Waals surface area contributed by atoms with Gasteiger partial charge < -0.3 is 19.5 Å². The van der Waals surface area contributed by atoms with Crippen LogP contribution in [0.4, 0.5) is 14.9 Å². The molecule has 0 radical (unpaired) electrons. The molecule has 30 heavy (non-hydrogen) atoms. The van der Waals surface area contributed by atoms with Crippen molar-refractivity contribution in [2.45, 2.75) is 6.92 Å². The molecule has 8 nitrogen and oxygen atoms in total. The van der Waals surface area contributed by atoms with Crippen LogP contribution in [0.1, 0.15) is 12.5 Å². The smallest absolute Gasteiger partial charge is 0.331 e. The second-order valence-corrected chi connectivity index (χ2v) is 5.77. The Labute approximate surface area is 172 Å². The van der Waals surface area contributed by atoms with Crippen molar-refractivity contribution >= 4 is 29.7 Å². The van der Waals surface area contributed by atoms with Crippen molar-refractivity contribution in [3.8, 4) is 11.5 Å². The van der Waals surface area contributed by atoms with Crippen LogP contribution in [0.2, 0.25) is 0 Å². The third-order valence-corrected chi connectivity index (χ3v) is 3.62. The Kier molecular flexibility index (Phi) is 8.37. The normalized spacial score (nSPS) is 10.4. The summed E-state index contributed by atoms with van der Waals surface area (Å²) in [7, 11) is 1.52. The molecular weight excluding hydrogens is 395 g/mol. The number of esters is 1. The van der Waals surface area contributed by atoms with E-state index >= 15 is 0 Å². The number of hydrogen-bond acceptors (Lipinski definition) is 6.